The molecule has 3 rings (SSSR count). The minimum Gasteiger partial charge on any atom is -0.404 e. The molecular weight excluding hydrogens is 529 g/mol. The van der Waals surface area contributed by atoms with Crippen molar-refractivity contribution in [2.45, 2.75) is 31.7 Å². The van der Waals surface area contributed by atoms with Crippen molar-refractivity contribution in [2.24, 2.45) is 0 Å². The van der Waals surface area contributed by atoms with Crippen LogP contribution in [0.15, 0.2) is 24.4 Å². The Morgan fingerprint density at radius 1 is 1.25 bits per heavy atom. The van der Waals surface area contributed by atoms with Crippen molar-refractivity contribution in [3.05, 3.63) is 35.8 Å². The molecule has 2 aromatic rings. The molecule has 3 N–H and O–H groups in total. The highest BCUT2D eigenvalue weighted by atomic mass is 35.5. The zero-order valence-electron chi connectivity index (χ0n) is 18.4. The van der Waals surface area contributed by atoms with E-state index in [-0.39, 0.29) is 41.9 Å². The third-order valence-electron chi connectivity index (χ3n) is 4.57. The number of aromatic nitrogens is 2. The number of carbonyl (C=O) groups is 2. The maximum atomic E-state index is 14.2. The number of ether oxygens (including phenoxy) is 1. The Hall–Kier alpha value is -3.56. The van der Waals surface area contributed by atoms with E-state index in [0.717, 1.165) is 11.1 Å². The van der Waals surface area contributed by atoms with Crippen LogP contribution in [0.5, 0.6) is 5.75 Å². The number of halogens is 8. The van der Waals surface area contributed by atoms with Crippen LogP contribution in [0.2, 0.25) is 0 Å². The quantitative estimate of drug-likeness (QED) is 0.545. The second kappa shape index (κ2) is 9.83. The lowest BCUT2D eigenvalue weighted by molar-refractivity contribution is -0.137. The Kier molecular flexibility index (Phi) is 7.83. The predicted octanol–water partition coefficient (Wildman–Crippen LogP) is 4.51. The summed E-state index contributed by atoms with van der Waals surface area (Å²) in [5.74, 6) is -2.99. The molecule has 198 valence electrons. The van der Waals surface area contributed by atoms with Crippen molar-refractivity contribution in [3.63, 3.8) is 0 Å². The second-order valence-electron chi connectivity index (χ2n) is 8.05. The van der Waals surface area contributed by atoms with Gasteiger partial charge in [-0.3, -0.25) is 9.80 Å². The summed E-state index contributed by atoms with van der Waals surface area (Å²) >= 11 is 0. The first-order valence-electron chi connectivity index (χ1n) is 9.62. The van der Waals surface area contributed by atoms with Gasteiger partial charge in [-0.05, 0) is 32.0 Å². The van der Waals surface area contributed by atoms with Gasteiger partial charge in [0.15, 0.2) is 11.6 Å². The van der Waals surface area contributed by atoms with Crippen molar-refractivity contribution >= 4 is 42.0 Å². The first kappa shape index (κ1) is 28.7. The van der Waals surface area contributed by atoms with Crippen molar-refractivity contribution in [1.29, 1.82) is 0 Å². The molecule has 2 heterocycles. The van der Waals surface area contributed by atoms with E-state index in [4.69, 9.17) is 10.5 Å². The summed E-state index contributed by atoms with van der Waals surface area (Å²) in [4.78, 5) is 32.9. The number of urea groups is 1. The molecular formula is C19H18ClF7N6O3. The Morgan fingerprint density at radius 3 is 2.39 bits per heavy atom. The SMILES string of the molecule is CC1(C)CN(c2ncc(OC(=O)N(CC(F)(F)F)c3cc(C(F)(F)F)ccc3F)c(N)n2)C(=O)N1.Cl. The van der Waals surface area contributed by atoms with Crippen LogP contribution < -0.4 is 25.6 Å². The minimum absolute atomic E-state index is 0. The fourth-order valence-electron chi connectivity index (χ4n) is 3.08. The van der Waals surface area contributed by atoms with E-state index in [0.29, 0.717) is 6.07 Å². The van der Waals surface area contributed by atoms with Gasteiger partial charge in [-0.15, -0.1) is 12.4 Å². The number of benzene rings is 1. The van der Waals surface area contributed by atoms with Crippen LogP contribution in [0, 0.1) is 5.82 Å². The smallest absolute Gasteiger partial charge is 0.404 e. The number of hydrogen-bond acceptors (Lipinski definition) is 6. The maximum absolute atomic E-state index is 14.2. The molecule has 1 aromatic heterocycles. The largest absolute Gasteiger partial charge is 0.420 e. The van der Waals surface area contributed by atoms with Crippen molar-refractivity contribution in [2.75, 3.05) is 28.6 Å². The number of nitrogens with zero attached hydrogens (tertiary/aromatic N) is 4. The Morgan fingerprint density at radius 2 is 1.89 bits per heavy atom. The van der Waals surface area contributed by atoms with Crippen LogP contribution >= 0.6 is 12.4 Å². The third-order valence-corrected chi connectivity index (χ3v) is 4.57. The zero-order valence-corrected chi connectivity index (χ0v) is 19.2. The Bertz CT molecular complexity index is 1160. The first-order chi connectivity index (χ1) is 16.0. The zero-order chi connectivity index (χ0) is 26.3. The molecule has 0 bridgehead atoms. The van der Waals surface area contributed by atoms with E-state index in [1.807, 2.05) is 0 Å². The molecule has 0 saturated carbocycles. The number of alkyl halides is 6. The minimum atomic E-state index is -5.14. The number of nitrogen functional groups attached to an aromatic ring is 1. The number of rotatable bonds is 4. The van der Waals surface area contributed by atoms with Crippen molar-refractivity contribution < 1.29 is 45.1 Å². The van der Waals surface area contributed by atoms with Gasteiger partial charge in [0.1, 0.15) is 12.4 Å². The molecule has 0 atom stereocenters. The lowest BCUT2D eigenvalue weighted by Gasteiger charge is -2.24. The Balaban J connectivity index is 0.00000456. The molecule has 9 nitrogen and oxygen atoms in total. The van der Waals surface area contributed by atoms with Gasteiger partial charge >= 0.3 is 24.5 Å². The number of hydrogen-bond donors (Lipinski definition) is 2. The molecule has 3 amide bonds. The van der Waals surface area contributed by atoms with Crippen LogP contribution in [0.3, 0.4) is 0 Å². The van der Waals surface area contributed by atoms with Gasteiger partial charge in [0.2, 0.25) is 5.95 Å². The molecule has 1 aromatic carbocycles. The summed E-state index contributed by atoms with van der Waals surface area (Å²) in [6.45, 7) is 1.39. The monoisotopic (exact) mass is 546 g/mol. The summed E-state index contributed by atoms with van der Waals surface area (Å²) in [5, 5.41) is 2.64. The standard InChI is InChI=1S/C19H17F7N6O3.ClH/c1-17(2)7-32(15(33)30-17)14-28-6-12(13(27)29-14)35-16(34)31(8-18(21,22)23)11-5-9(19(24,25)26)3-4-10(11)20;/h3-6H,7-8H2,1-2H3,(H,30,33)(H2,27,28,29);1H. The first-order valence-corrected chi connectivity index (χ1v) is 9.62. The lowest BCUT2D eigenvalue weighted by atomic mass is 10.1. The van der Waals surface area contributed by atoms with E-state index in [2.05, 4.69) is 15.3 Å². The van der Waals surface area contributed by atoms with Gasteiger partial charge in [0.25, 0.3) is 0 Å². The number of amides is 3. The lowest BCUT2D eigenvalue weighted by Crippen LogP contribution is -2.41. The third kappa shape index (κ3) is 6.56. The predicted molar refractivity (Wildman–Crippen MR) is 114 cm³/mol. The van der Waals surface area contributed by atoms with Crippen LogP contribution in [0.4, 0.5) is 57.8 Å². The van der Waals surface area contributed by atoms with E-state index >= 15 is 0 Å². The number of nitrogens with one attached hydrogen (secondary N) is 1. The van der Waals surface area contributed by atoms with Crippen molar-refractivity contribution in [1.82, 2.24) is 15.3 Å². The van der Waals surface area contributed by atoms with Gasteiger partial charge in [-0.2, -0.15) is 31.3 Å². The fourth-order valence-corrected chi connectivity index (χ4v) is 3.08. The highest BCUT2D eigenvalue weighted by Crippen LogP contribution is 2.35. The van der Waals surface area contributed by atoms with Gasteiger partial charge in [0.05, 0.1) is 29.5 Å². The summed E-state index contributed by atoms with van der Waals surface area (Å²) < 4.78 is 97.2. The molecule has 0 radical (unpaired) electrons. The molecule has 0 spiro atoms. The maximum Gasteiger partial charge on any atom is 0.420 e. The molecule has 1 aliphatic rings. The molecule has 17 heteroatoms. The fraction of sp³-hybridized carbons (Fsp3) is 0.368. The topological polar surface area (TPSA) is 114 Å². The van der Waals surface area contributed by atoms with Crippen LogP contribution in [-0.2, 0) is 6.18 Å². The van der Waals surface area contributed by atoms with Crippen LogP contribution in [-0.4, -0.2) is 46.9 Å². The number of carbonyl (C=O) groups excluding carboxylic acids is 2. The summed E-state index contributed by atoms with van der Waals surface area (Å²) in [6, 6.07) is 0.0504. The van der Waals surface area contributed by atoms with Gasteiger partial charge < -0.3 is 15.8 Å². The molecule has 0 unspecified atom stereocenters. The second-order valence-corrected chi connectivity index (χ2v) is 8.05. The highest BCUT2D eigenvalue weighted by Gasteiger charge is 2.39. The average molecular weight is 547 g/mol. The number of anilines is 3. The molecule has 1 saturated heterocycles. The van der Waals surface area contributed by atoms with Gasteiger partial charge in [-0.1, -0.05) is 0 Å². The summed E-state index contributed by atoms with van der Waals surface area (Å²) in [7, 11) is 0. The van der Waals surface area contributed by atoms with E-state index in [1.165, 1.54) is 0 Å². The molecule has 36 heavy (non-hydrogen) atoms. The van der Waals surface area contributed by atoms with E-state index in [9.17, 15) is 40.3 Å². The van der Waals surface area contributed by atoms with Crippen molar-refractivity contribution in [3.8, 4) is 5.75 Å². The molecule has 0 aliphatic carbocycles. The van der Waals surface area contributed by atoms with E-state index in [1.54, 1.807) is 13.8 Å². The van der Waals surface area contributed by atoms with Crippen LogP contribution in [0.25, 0.3) is 0 Å². The van der Waals surface area contributed by atoms with Crippen LogP contribution in [0.1, 0.15) is 19.4 Å². The Labute approximate surface area is 204 Å². The summed E-state index contributed by atoms with van der Waals surface area (Å²) in [6.07, 6.45) is -11.3. The highest BCUT2D eigenvalue weighted by molar-refractivity contribution is 5.94. The van der Waals surface area contributed by atoms with Gasteiger partial charge in [-0.25, -0.2) is 19.0 Å². The van der Waals surface area contributed by atoms with Gasteiger partial charge in [0, 0.05) is 0 Å². The normalized spacial score (nSPS) is 15.2. The summed E-state index contributed by atoms with van der Waals surface area (Å²) in [5.41, 5.74) is 2.23. The number of nitrogens with two attached hydrogens (primary N) is 1. The average Bonchev–Trinajstić information content (AvgIpc) is 2.99. The van der Waals surface area contributed by atoms with E-state index < -0.39 is 65.2 Å². The molecule has 1 aliphatic heterocycles. The molecule has 1 fully saturated rings.